The van der Waals surface area contributed by atoms with Gasteiger partial charge in [-0.1, -0.05) is 96.6 Å². The van der Waals surface area contributed by atoms with E-state index in [2.05, 4.69) is 72.2 Å². The van der Waals surface area contributed by atoms with Gasteiger partial charge >= 0.3 is 0 Å². The maximum atomic E-state index is 14.0. The fourth-order valence-corrected chi connectivity index (χ4v) is 6.63. The van der Waals surface area contributed by atoms with Crippen LogP contribution in [-0.2, 0) is 10.0 Å². The maximum absolute atomic E-state index is 14.0. The van der Waals surface area contributed by atoms with E-state index in [1.807, 2.05) is 67.7 Å². The SMILES string of the molecule is Cc1ccc(S(=O)(=O)N(C=C2CN(C(C)c3ccccc3)CN(C(C)c3ccccc3)C2)c2ccccc2)cc1. The van der Waals surface area contributed by atoms with Crippen LogP contribution in [0.5, 0.6) is 0 Å². The van der Waals surface area contributed by atoms with Crippen molar-refractivity contribution in [1.82, 2.24) is 9.80 Å². The number of nitrogens with zero attached hydrogens (tertiary/aromatic N) is 3. The Morgan fingerprint density at radius 2 is 1.12 bits per heavy atom. The van der Waals surface area contributed by atoms with Gasteiger partial charge in [0.25, 0.3) is 10.0 Å². The van der Waals surface area contributed by atoms with Gasteiger partial charge in [-0.15, -0.1) is 0 Å². The predicted molar refractivity (Wildman–Crippen MR) is 163 cm³/mol. The van der Waals surface area contributed by atoms with Crippen molar-refractivity contribution >= 4 is 15.7 Å². The van der Waals surface area contributed by atoms with E-state index in [-0.39, 0.29) is 17.0 Å². The quantitative estimate of drug-likeness (QED) is 0.233. The summed E-state index contributed by atoms with van der Waals surface area (Å²) in [6.45, 7) is 8.52. The van der Waals surface area contributed by atoms with Crippen LogP contribution in [0.2, 0.25) is 0 Å². The number of para-hydroxylation sites is 1. The van der Waals surface area contributed by atoms with Crippen molar-refractivity contribution in [1.29, 1.82) is 0 Å². The van der Waals surface area contributed by atoms with Gasteiger partial charge in [0.2, 0.25) is 0 Å². The molecule has 1 fully saturated rings. The Hall–Kier alpha value is -3.71. The van der Waals surface area contributed by atoms with Crippen LogP contribution in [0.25, 0.3) is 0 Å². The topological polar surface area (TPSA) is 43.9 Å². The smallest absolute Gasteiger partial charge is 0.268 e. The Bertz CT molecular complexity index is 1470. The monoisotopic (exact) mass is 551 g/mol. The second kappa shape index (κ2) is 12.2. The van der Waals surface area contributed by atoms with Crippen molar-refractivity contribution in [2.75, 3.05) is 24.1 Å². The van der Waals surface area contributed by atoms with E-state index in [0.29, 0.717) is 18.8 Å². The lowest BCUT2D eigenvalue weighted by Gasteiger charge is -2.43. The highest BCUT2D eigenvalue weighted by Gasteiger charge is 2.31. The first kappa shape index (κ1) is 27.8. The molecule has 6 heteroatoms. The van der Waals surface area contributed by atoms with Crippen LogP contribution in [0, 0.1) is 6.92 Å². The molecule has 0 N–H and O–H groups in total. The summed E-state index contributed by atoms with van der Waals surface area (Å²) in [6, 6.07) is 37.7. The van der Waals surface area contributed by atoms with Crippen LogP contribution in [0.1, 0.15) is 42.6 Å². The molecule has 2 unspecified atom stereocenters. The number of sulfonamides is 1. The van der Waals surface area contributed by atoms with Gasteiger partial charge in [-0.25, -0.2) is 12.7 Å². The molecule has 0 aromatic heterocycles. The lowest BCUT2D eigenvalue weighted by molar-refractivity contribution is 0.0587. The first-order chi connectivity index (χ1) is 19.3. The van der Waals surface area contributed by atoms with Gasteiger partial charge in [0.15, 0.2) is 0 Å². The van der Waals surface area contributed by atoms with Crippen LogP contribution in [0.15, 0.2) is 132 Å². The number of benzene rings is 4. The molecule has 0 bridgehead atoms. The third kappa shape index (κ3) is 6.20. The summed E-state index contributed by atoms with van der Waals surface area (Å²) in [4.78, 5) is 5.12. The molecule has 0 spiro atoms. The minimum Gasteiger partial charge on any atom is -0.280 e. The second-order valence-corrected chi connectivity index (χ2v) is 12.4. The van der Waals surface area contributed by atoms with Gasteiger partial charge in [0.05, 0.1) is 17.3 Å². The van der Waals surface area contributed by atoms with Crippen molar-refractivity contribution in [3.63, 3.8) is 0 Å². The molecular weight excluding hydrogens is 514 g/mol. The van der Waals surface area contributed by atoms with Crippen LogP contribution < -0.4 is 4.31 Å². The summed E-state index contributed by atoms with van der Waals surface area (Å²) in [7, 11) is -3.83. The van der Waals surface area contributed by atoms with Crippen LogP contribution in [0.3, 0.4) is 0 Å². The fourth-order valence-electron chi connectivity index (χ4n) is 5.24. The molecule has 1 aliphatic rings. The third-order valence-corrected chi connectivity index (χ3v) is 9.43. The molecule has 2 atom stereocenters. The molecule has 0 amide bonds. The minimum absolute atomic E-state index is 0.161. The molecule has 40 heavy (non-hydrogen) atoms. The van der Waals surface area contributed by atoms with Crippen molar-refractivity contribution in [3.05, 3.63) is 144 Å². The van der Waals surface area contributed by atoms with Crippen LogP contribution in [-0.4, -0.2) is 38.0 Å². The van der Waals surface area contributed by atoms with Crippen molar-refractivity contribution in [2.24, 2.45) is 0 Å². The highest BCUT2D eigenvalue weighted by molar-refractivity contribution is 7.93. The van der Waals surface area contributed by atoms with E-state index < -0.39 is 10.0 Å². The molecule has 1 heterocycles. The highest BCUT2D eigenvalue weighted by atomic mass is 32.2. The third-order valence-electron chi connectivity index (χ3n) is 7.72. The zero-order chi connectivity index (χ0) is 28.1. The average Bonchev–Trinajstić information content (AvgIpc) is 3.00. The summed E-state index contributed by atoms with van der Waals surface area (Å²) in [5, 5.41) is 0. The zero-order valence-electron chi connectivity index (χ0n) is 23.4. The number of rotatable bonds is 8. The average molecular weight is 552 g/mol. The van der Waals surface area contributed by atoms with Gasteiger partial charge < -0.3 is 0 Å². The van der Waals surface area contributed by atoms with Gasteiger partial charge in [-0.3, -0.25) is 9.80 Å². The Morgan fingerprint density at radius 1 is 0.675 bits per heavy atom. The zero-order valence-corrected chi connectivity index (χ0v) is 24.2. The molecule has 0 aliphatic carbocycles. The number of hydrogen-bond donors (Lipinski definition) is 0. The Kier molecular flexibility index (Phi) is 8.50. The van der Waals surface area contributed by atoms with Gasteiger partial charge in [-0.2, -0.15) is 0 Å². The molecule has 1 saturated heterocycles. The van der Waals surface area contributed by atoms with Gasteiger partial charge in [0, 0.05) is 31.4 Å². The number of hydrogen-bond acceptors (Lipinski definition) is 4. The Morgan fingerprint density at radius 3 is 1.60 bits per heavy atom. The van der Waals surface area contributed by atoms with E-state index in [1.54, 1.807) is 12.1 Å². The van der Waals surface area contributed by atoms with E-state index >= 15 is 0 Å². The van der Waals surface area contributed by atoms with Crippen LogP contribution in [0.4, 0.5) is 5.69 Å². The standard InChI is InChI=1S/C34H37N3O2S/c1-27-19-21-34(22-20-27)40(38,39)37(33-17-11-6-12-18-33)25-30-23-35(28(2)31-13-7-4-8-14-31)26-36(24-30)29(3)32-15-9-5-10-16-32/h4-22,25,28-29H,23-24,26H2,1-3H3. The molecule has 0 saturated carbocycles. The highest BCUT2D eigenvalue weighted by Crippen LogP contribution is 2.32. The molecule has 5 nitrogen and oxygen atoms in total. The molecule has 0 radical (unpaired) electrons. The van der Waals surface area contributed by atoms with Crippen molar-refractivity contribution in [2.45, 2.75) is 37.8 Å². The van der Waals surface area contributed by atoms with E-state index in [4.69, 9.17) is 0 Å². The summed E-state index contributed by atoms with van der Waals surface area (Å²) in [5.41, 5.74) is 5.15. The molecular formula is C34H37N3O2S. The summed E-state index contributed by atoms with van der Waals surface area (Å²) in [6.07, 6.45) is 1.85. The number of anilines is 1. The van der Waals surface area contributed by atoms with Crippen molar-refractivity contribution < 1.29 is 8.42 Å². The second-order valence-electron chi connectivity index (χ2n) is 10.5. The van der Waals surface area contributed by atoms with Gasteiger partial charge in [0.1, 0.15) is 0 Å². The molecule has 4 aromatic rings. The molecule has 4 aromatic carbocycles. The number of aryl methyl sites for hydroxylation is 1. The molecule has 206 valence electrons. The minimum atomic E-state index is -3.83. The molecule has 5 rings (SSSR count). The first-order valence-corrected chi connectivity index (χ1v) is 15.2. The van der Waals surface area contributed by atoms with Crippen LogP contribution >= 0.6 is 0 Å². The van der Waals surface area contributed by atoms with Gasteiger partial charge in [-0.05, 0) is 61.7 Å². The Labute approximate surface area is 239 Å². The predicted octanol–water partition coefficient (Wildman–Crippen LogP) is 7.17. The van der Waals surface area contributed by atoms with Crippen molar-refractivity contribution in [3.8, 4) is 0 Å². The summed E-state index contributed by atoms with van der Waals surface area (Å²) in [5.74, 6) is 0. The lowest BCUT2D eigenvalue weighted by Crippen LogP contribution is -2.48. The largest absolute Gasteiger partial charge is 0.280 e. The van der Waals surface area contributed by atoms with E-state index in [9.17, 15) is 8.42 Å². The first-order valence-electron chi connectivity index (χ1n) is 13.8. The maximum Gasteiger partial charge on any atom is 0.268 e. The lowest BCUT2D eigenvalue weighted by atomic mass is 10.0. The summed E-state index contributed by atoms with van der Waals surface area (Å²) < 4.78 is 29.5. The fraction of sp³-hybridized carbons (Fsp3) is 0.235. The van der Waals surface area contributed by atoms with E-state index in [1.165, 1.54) is 15.4 Å². The van der Waals surface area contributed by atoms with E-state index in [0.717, 1.165) is 17.8 Å². The molecule has 1 aliphatic heterocycles. The Balaban J connectivity index is 1.56. The normalized spacial score (nSPS) is 16.3. The summed E-state index contributed by atoms with van der Waals surface area (Å²) >= 11 is 0.